The van der Waals surface area contributed by atoms with Crippen molar-refractivity contribution in [2.45, 2.75) is 13.0 Å². The van der Waals surface area contributed by atoms with Crippen LogP contribution in [0.2, 0.25) is 0 Å². The fourth-order valence-electron chi connectivity index (χ4n) is 5.40. The zero-order valence-corrected chi connectivity index (χ0v) is 25.0. The first-order valence-corrected chi connectivity index (χ1v) is 14.2. The van der Waals surface area contributed by atoms with Gasteiger partial charge in [-0.05, 0) is 37.3 Å². The van der Waals surface area contributed by atoms with Crippen molar-refractivity contribution in [1.82, 2.24) is 29.2 Å². The molecule has 0 saturated heterocycles. The third-order valence-electron chi connectivity index (χ3n) is 7.47. The van der Waals surface area contributed by atoms with E-state index < -0.39 is 11.9 Å². The van der Waals surface area contributed by atoms with E-state index in [0.29, 0.717) is 28.0 Å². The number of hydrogen-bond donors (Lipinski definition) is 2. The predicted octanol–water partition coefficient (Wildman–Crippen LogP) is 4.97. The number of aryl methyl sites for hydroxylation is 2. The molecule has 0 saturated carbocycles. The summed E-state index contributed by atoms with van der Waals surface area (Å²) in [5.74, 6) is 6.64. The van der Waals surface area contributed by atoms with E-state index in [-0.39, 0.29) is 22.8 Å². The smallest absolute Gasteiger partial charge is 0.267 e. The minimum Gasteiger partial charge on any atom is -0.381 e. The Balaban J connectivity index is 1.47. The zero-order valence-electron chi connectivity index (χ0n) is 25.0. The second kappa shape index (κ2) is 11.8. The topological polar surface area (TPSA) is 125 Å². The molecule has 0 aliphatic heterocycles. The highest BCUT2D eigenvalue weighted by atomic mass is 16.2. The van der Waals surface area contributed by atoms with E-state index in [2.05, 4.69) is 33.8 Å². The van der Waals surface area contributed by atoms with Crippen LogP contribution in [0.5, 0.6) is 0 Å². The quantitative estimate of drug-likeness (QED) is 0.208. The standard InChI is InChI=1S/C35H30N8O2/c1-5-20-37-33-30(31(36)40-42(33)4)34(44)38-22(2)32-39-27-16-11-12-23(29(27)35(45)43(32)25-13-7-6-8-14-25)18-19-24-21-41(3)28-17-10-9-15-26(24)28/h5-17,20-22H,1H2,2-4H3,(H2,36,40)(H,38,44)/b37-20-. The number of carbonyl (C=O) groups excluding carboxylic acids is 1. The van der Waals surface area contributed by atoms with Crippen molar-refractivity contribution in [3.8, 4) is 17.5 Å². The van der Waals surface area contributed by atoms with Gasteiger partial charge in [0.25, 0.3) is 11.5 Å². The molecule has 0 fully saturated rings. The van der Waals surface area contributed by atoms with Crippen LogP contribution in [-0.4, -0.2) is 36.0 Å². The normalized spacial score (nSPS) is 11.9. The Bertz CT molecular complexity index is 2260. The summed E-state index contributed by atoms with van der Waals surface area (Å²) in [6, 6.07) is 21.9. The van der Waals surface area contributed by atoms with Crippen molar-refractivity contribution in [3.05, 3.63) is 125 Å². The summed E-state index contributed by atoms with van der Waals surface area (Å²) < 4.78 is 4.96. The predicted molar refractivity (Wildman–Crippen MR) is 178 cm³/mol. The fraction of sp³-hybridized carbons (Fsp3) is 0.114. The lowest BCUT2D eigenvalue weighted by atomic mass is 10.1. The van der Waals surface area contributed by atoms with Crippen molar-refractivity contribution in [2.75, 3.05) is 5.73 Å². The first-order valence-electron chi connectivity index (χ1n) is 14.2. The second-order valence-electron chi connectivity index (χ2n) is 10.5. The lowest BCUT2D eigenvalue weighted by Gasteiger charge is -2.20. The van der Waals surface area contributed by atoms with Gasteiger partial charge in [-0.25, -0.2) is 14.7 Å². The third kappa shape index (κ3) is 5.28. The number of hydrogen-bond acceptors (Lipinski definition) is 6. The van der Waals surface area contributed by atoms with Gasteiger partial charge in [0.2, 0.25) is 0 Å². The SMILES string of the molecule is C=C/C=N\c1c(C(=O)NC(C)c2nc3cccc(C#Cc4cn(C)c5ccccc45)c3c(=O)n2-c2ccccc2)c(N)nn1C. The van der Waals surface area contributed by atoms with Crippen LogP contribution in [0.1, 0.15) is 40.3 Å². The number of nitrogens with zero attached hydrogens (tertiary/aromatic N) is 6. The average Bonchev–Trinajstić information content (AvgIpc) is 3.52. The number of carbonyl (C=O) groups is 1. The molecule has 6 aromatic rings. The lowest BCUT2D eigenvalue weighted by Crippen LogP contribution is -2.33. The van der Waals surface area contributed by atoms with Gasteiger partial charge in [0, 0.05) is 43.0 Å². The summed E-state index contributed by atoms with van der Waals surface area (Å²) in [7, 11) is 3.62. The monoisotopic (exact) mass is 594 g/mol. The number of aliphatic imine (C=N–C) groups is 1. The highest BCUT2D eigenvalue weighted by Crippen LogP contribution is 2.26. The number of aromatic nitrogens is 5. The maximum atomic E-state index is 14.4. The summed E-state index contributed by atoms with van der Waals surface area (Å²) >= 11 is 0. The Kier molecular flexibility index (Phi) is 7.59. The summed E-state index contributed by atoms with van der Waals surface area (Å²) in [6.45, 7) is 5.39. The largest absolute Gasteiger partial charge is 0.381 e. The van der Waals surface area contributed by atoms with E-state index in [9.17, 15) is 9.59 Å². The number of nitrogens with one attached hydrogen (secondary N) is 1. The average molecular weight is 595 g/mol. The molecule has 10 heteroatoms. The molecule has 3 aromatic heterocycles. The molecule has 1 amide bonds. The summed E-state index contributed by atoms with van der Waals surface area (Å²) in [6.07, 6.45) is 4.93. The molecule has 222 valence electrons. The maximum absolute atomic E-state index is 14.4. The molecule has 0 radical (unpaired) electrons. The van der Waals surface area contributed by atoms with Crippen LogP contribution in [0.25, 0.3) is 27.5 Å². The van der Waals surface area contributed by atoms with E-state index in [4.69, 9.17) is 10.7 Å². The number of anilines is 1. The molecule has 3 aromatic carbocycles. The summed E-state index contributed by atoms with van der Waals surface area (Å²) in [5.41, 5.74) is 9.45. The van der Waals surface area contributed by atoms with Crippen molar-refractivity contribution in [1.29, 1.82) is 0 Å². The number of nitrogen functional groups attached to an aromatic ring is 1. The van der Waals surface area contributed by atoms with Crippen molar-refractivity contribution in [3.63, 3.8) is 0 Å². The summed E-state index contributed by atoms with van der Waals surface area (Å²) in [5, 5.41) is 8.51. The van der Waals surface area contributed by atoms with Gasteiger partial charge in [-0.1, -0.05) is 67.0 Å². The fourth-order valence-corrected chi connectivity index (χ4v) is 5.40. The zero-order chi connectivity index (χ0) is 31.7. The molecule has 0 aliphatic rings. The maximum Gasteiger partial charge on any atom is 0.267 e. The van der Waals surface area contributed by atoms with Crippen molar-refractivity contribution in [2.24, 2.45) is 19.1 Å². The van der Waals surface area contributed by atoms with Gasteiger partial charge in [-0.2, -0.15) is 5.10 Å². The van der Waals surface area contributed by atoms with Crippen LogP contribution in [-0.2, 0) is 14.1 Å². The minimum absolute atomic E-state index is 0.0275. The van der Waals surface area contributed by atoms with E-state index in [1.807, 2.05) is 84.5 Å². The van der Waals surface area contributed by atoms with Crippen LogP contribution in [0.3, 0.4) is 0 Å². The van der Waals surface area contributed by atoms with Gasteiger partial charge in [0.1, 0.15) is 11.4 Å². The highest BCUT2D eigenvalue weighted by molar-refractivity contribution is 6.03. The third-order valence-corrected chi connectivity index (χ3v) is 7.47. The number of amides is 1. The molecule has 3 N–H and O–H groups in total. The molecule has 1 unspecified atom stereocenters. The number of benzene rings is 3. The Morgan fingerprint density at radius 1 is 1.02 bits per heavy atom. The minimum atomic E-state index is -0.712. The van der Waals surface area contributed by atoms with Crippen LogP contribution < -0.4 is 16.6 Å². The van der Waals surface area contributed by atoms with Gasteiger partial charge < -0.3 is 15.6 Å². The molecule has 1 atom stereocenters. The molecular weight excluding hydrogens is 564 g/mol. The van der Waals surface area contributed by atoms with Gasteiger partial charge >= 0.3 is 0 Å². The first kappa shape index (κ1) is 28.9. The second-order valence-corrected chi connectivity index (χ2v) is 10.5. The molecule has 0 aliphatic carbocycles. The van der Waals surface area contributed by atoms with E-state index in [1.165, 1.54) is 21.5 Å². The first-order chi connectivity index (χ1) is 21.8. The molecule has 0 spiro atoms. The van der Waals surface area contributed by atoms with Gasteiger partial charge in [-0.3, -0.25) is 14.2 Å². The number of allylic oxidation sites excluding steroid dienone is 1. The molecule has 0 bridgehead atoms. The molecule has 45 heavy (non-hydrogen) atoms. The Morgan fingerprint density at radius 2 is 1.76 bits per heavy atom. The van der Waals surface area contributed by atoms with E-state index in [1.54, 1.807) is 20.0 Å². The number of nitrogens with two attached hydrogens (primary N) is 1. The number of fused-ring (bicyclic) bond motifs is 2. The number of para-hydroxylation sites is 2. The molecular formula is C35H30N8O2. The van der Waals surface area contributed by atoms with E-state index in [0.717, 1.165) is 16.5 Å². The number of rotatable bonds is 6. The Morgan fingerprint density at radius 3 is 2.53 bits per heavy atom. The highest BCUT2D eigenvalue weighted by Gasteiger charge is 2.25. The molecule has 10 nitrogen and oxygen atoms in total. The molecule has 6 rings (SSSR count). The van der Waals surface area contributed by atoms with Crippen molar-refractivity contribution < 1.29 is 4.79 Å². The van der Waals surface area contributed by atoms with Gasteiger partial charge in [-0.15, -0.1) is 0 Å². The molecule has 3 heterocycles. The Hall–Kier alpha value is -6.21. The van der Waals surface area contributed by atoms with Crippen molar-refractivity contribution >= 4 is 45.6 Å². The summed E-state index contributed by atoms with van der Waals surface area (Å²) in [4.78, 5) is 37.1. The Labute approximate surface area is 259 Å². The van der Waals surface area contributed by atoms with Crippen LogP contribution >= 0.6 is 0 Å². The van der Waals surface area contributed by atoms with E-state index >= 15 is 0 Å². The van der Waals surface area contributed by atoms with Crippen LogP contribution in [0.15, 0.2) is 101 Å². The van der Waals surface area contributed by atoms with Gasteiger partial charge in [0.15, 0.2) is 11.6 Å². The lowest BCUT2D eigenvalue weighted by molar-refractivity contribution is 0.0939. The van der Waals surface area contributed by atoms with Crippen LogP contribution in [0.4, 0.5) is 11.6 Å². The van der Waals surface area contributed by atoms with Gasteiger partial charge in [0.05, 0.1) is 28.2 Å². The van der Waals surface area contributed by atoms with Crippen LogP contribution in [0, 0.1) is 11.8 Å².